The molecule has 0 fully saturated rings. The summed E-state index contributed by atoms with van der Waals surface area (Å²) in [6, 6.07) is 56.8. The number of pyridine rings is 1. The Labute approximate surface area is 554 Å². The molecule has 10 aromatic carbocycles. The predicted molar refractivity (Wildman–Crippen MR) is 369 cm³/mol. The number of fused-ring (bicyclic) bond motifs is 5. The third kappa shape index (κ3) is 9.79. The van der Waals surface area contributed by atoms with Crippen molar-refractivity contribution in [3.8, 4) is 50.9 Å². The zero-order chi connectivity index (χ0) is 81.3. The Morgan fingerprint density at radius 2 is 1.16 bits per heavy atom. The Balaban J connectivity index is 1.02. The molecule has 3 aromatic heterocycles. The number of para-hydroxylation sites is 2. The van der Waals surface area contributed by atoms with Crippen LogP contribution >= 0.6 is 0 Å². The van der Waals surface area contributed by atoms with Crippen molar-refractivity contribution in [1.29, 1.82) is 0 Å². The number of rotatable bonds is 11. The fraction of sp³-hybridized carbons (Fsp3) is 0.195. The van der Waals surface area contributed by atoms with Gasteiger partial charge in [0.15, 0.2) is 8.07 Å². The molecule has 0 bridgehead atoms. The lowest BCUT2D eigenvalue weighted by Crippen LogP contribution is -2.74. The van der Waals surface area contributed by atoms with Gasteiger partial charge in [-0.15, -0.1) is 0 Å². The lowest BCUT2D eigenvalue weighted by atomic mass is 9.63. The highest BCUT2D eigenvalue weighted by molar-refractivity contribution is 7.20. The Bertz CT molecular complexity index is 5800. The van der Waals surface area contributed by atoms with E-state index in [1.54, 1.807) is 73.9 Å². The van der Waals surface area contributed by atoms with Crippen LogP contribution in [-0.2, 0) is 21.7 Å². The number of hydrogen-bond acceptors (Lipinski definition) is 2. The highest BCUT2D eigenvalue weighted by atomic mass is 28.3. The van der Waals surface area contributed by atoms with Gasteiger partial charge in [-0.25, -0.2) is 4.98 Å². The van der Waals surface area contributed by atoms with E-state index in [2.05, 4.69) is 129 Å². The maximum Gasteiger partial charge on any atom is 0.269 e. The first kappa shape index (κ1) is 35.4. The van der Waals surface area contributed by atoms with E-state index in [4.69, 9.17) is 30.3 Å². The number of ether oxygens (including phenoxy) is 1. The van der Waals surface area contributed by atoms with Crippen LogP contribution in [0.25, 0.3) is 72.3 Å². The molecule has 3 heterocycles. The van der Waals surface area contributed by atoms with Gasteiger partial charge in [0.1, 0.15) is 17.3 Å². The number of hydrogen-bond donors (Lipinski definition) is 0. The van der Waals surface area contributed by atoms with Gasteiger partial charge in [0.25, 0.3) is 6.33 Å². The van der Waals surface area contributed by atoms with Crippen LogP contribution in [0.15, 0.2) is 255 Å². The fourth-order valence-electron chi connectivity index (χ4n) is 12.3. The first-order valence-corrected chi connectivity index (χ1v) is 31.1. The molecule has 88 heavy (non-hydrogen) atoms. The van der Waals surface area contributed by atoms with E-state index in [-0.39, 0.29) is 27.7 Å². The van der Waals surface area contributed by atoms with Crippen LogP contribution in [0.5, 0.6) is 11.5 Å². The molecule has 0 saturated heterocycles. The Hall–Kier alpha value is -9.36. The second-order valence-corrected chi connectivity index (χ2v) is 28.3. The van der Waals surface area contributed by atoms with E-state index in [9.17, 15) is 12.3 Å². The topological polar surface area (TPSA) is 35.9 Å². The van der Waals surface area contributed by atoms with E-state index in [0.717, 1.165) is 32.6 Å². The molecule has 0 aliphatic heterocycles. The second kappa shape index (κ2) is 21.5. The van der Waals surface area contributed by atoms with Crippen molar-refractivity contribution >= 4 is 61.7 Å². The third-order valence-corrected chi connectivity index (χ3v) is 21.5. The molecule has 0 N–H and O–H groups in total. The van der Waals surface area contributed by atoms with Crippen LogP contribution in [0.1, 0.15) is 137 Å². The summed E-state index contributed by atoms with van der Waals surface area (Å²) in [4.78, 5) is 5.03. The van der Waals surface area contributed by atoms with Gasteiger partial charge in [-0.1, -0.05) is 263 Å². The average molecular weight is 1190 g/mol. The lowest BCUT2D eigenvalue weighted by Gasteiger charge is -2.42. The van der Waals surface area contributed by atoms with Crippen molar-refractivity contribution in [2.75, 3.05) is 0 Å². The maximum absolute atomic E-state index is 10.5. The SMILES string of the molecule is [2H]c1c([2H])c([2H])c(-c2cc(C(C)(C)C)cc(-c3c([2H])c([2H])c4c(c3[2H])C(C([2H])([2H])[2H])(C([2H])([2H])[2H])C([2H])([2H])C([2H])([2H])C4(C([2H])([2H])[2H])C([2H])([2H])[2H])c2-[n+]2[c-]n(-c3cccc(Oc4ccc5c6cc([Si](c7ccccc7)(c7ccccc7)c7ccccc7)ccc6n(-c6cc(C(C)(C)C)ccn6)c5c4)c3)c3ccccc32)c([2H])c1[2H]. The Morgan fingerprint density at radius 1 is 0.534 bits per heavy atom. The first-order chi connectivity index (χ1) is 52.2. The molecule has 0 unspecified atom stereocenters. The summed E-state index contributed by atoms with van der Waals surface area (Å²) in [5.41, 5.74) is -12.2. The van der Waals surface area contributed by atoms with Crippen LogP contribution in [0.3, 0.4) is 0 Å². The van der Waals surface area contributed by atoms with Gasteiger partial charge in [-0.3, -0.25) is 13.7 Å². The fourth-order valence-corrected chi connectivity index (χ4v) is 17.1. The van der Waals surface area contributed by atoms with Gasteiger partial charge in [-0.2, -0.15) is 0 Å². The van der Waals surface area contributed by atoms with Crippen molar-refractivity contribution in [1.82, 2.24) is 14.1 Å². The van der Waals surface area contributed by atoms with E-state index in [1.807, 2.05) is 48.7 Å². The highest BCUT2D eigenvalue weighted by Gasteiger charge is 2.42. The van der Waals surface area contributed by atoms with Crippen LogP contribution < -0.4 is 30.1 Å². The van der Waals surface area contributed by atoms with Gasteiger partial charge in [-0.05, 0) is 148 Å². The summed E-state index contributed by atoms with van der Waals surface area (Å²) in [6.45, 7) is -5.85. The van der Waals surface area contributed by atoms with E-state index in [0.29, 0.717) is 28.5 Å². The normalized spacial score (nSPS) is 19.8. The molecule has 0 atom stereocenters. The molecular formula is C82H76N4OSi. The molecule has 14 rings (SSSR count). The molecule has 0 spiro atoms. The summed E-state index contributed by atoms with van der Waals surface area (Å²) in [5, 5.41) is 6.64. The zero-order valence-corrected chi connectivity index (χ0v) is 50.3. The van der Waals surface area contributed by atoms with E-state index in [1.165, 1.54) is 32.3 Å². The summed E-state index contributed by atoms with van der Waals surface area (Å²) in [6.07, 6.45) is -4.07. The van der Waals surface area contributed by atoms with Crippen LogP contribution in [0.2, 0.25) is 0 Å². The highest BCUT2D eigenvalue weighted by Crippen LogP contribution is 2.48. The molecule has 0 radical (unpaired) electrons. The molecular weight excluding hydrogens is 1090 g/mol. The summed E-state index contributed by atoms with van der Waals surface area (Å²) in [7, 11) is -3.05. The quantitative estimate of drug-likeness (QED) is 0.0560. The predicted octanol–water partition coefficient (Wildman–Crippen LogP) is 17.6. The van der Waals surface area contributed by atoms with Gasteiger partial charge in [0.2, 0.25) is 0 Å². The standard InChI is InChI=1S/C82H76N4OSi/c1-79(2,3)58-44-47-83-77(51-58)86-73-43-40-66(88(63-30-17-12-18-31-63,64-32-19-13-20-33-64)65-34-21-14-22-35-65)54-70(73)67-41-39-62(53-76(67)86)87-61-29-25-28-60(52-61)84-55-85(75-37-24-23-36-74(75)84)78-68(56-26-15-11-16-27-56)49-59(80(4,5)6)50-69(78)57-38-42-71-72(48-57)82(9,10)46-45-81(71,7)8/h11-44,47-54H,45-46H2,1-10H3/i7D3,8D3,9D3,10D3,11D,15D,16D,26D,27D,38D,42D,45D2,46D2,48D. The van der Waals surface area contributed by atoms with Gasteiger partial charge in [0, 0.05) is 45.0 Å². The smallest absolute Gasteiger partial charge is 0.269 e. The number of benzene rings is 10. The molecule has 1 aliphatic carbocycles. The van der Waals surface area contributed by atoms with Crippen LogP contribution in [0.4, 0.5) is 0 Å². The van der Waals surface area contributed by atoms with Gasteiger partial charge < -0.3 is 4.74 Å². The molecule has 6 heteroatoms. The minimum absolute atomic E-state index is 0.198. The average Bonchev–Trinajstić information content (AvgIpc) is 0.750. The number of nitrogens with zero attached hydrogens (tertiary/aromatic N) is 4. The third-order valence-electron chi connectivity index (χ3n) is 16.7. The molecule has 0 saturated carbocycles. The van der Waals surface area contributed by atoms with Crippen LogP contribution in [0, 0.1) is 6.33 Å². The second-order valence-electron chi connectivity index (χ2n) is 24.5. The summed E-state index contributed by atoms with van der Waals surface area (Å²) in [5.74, 6) is 1.40. The minimum atomic E-state index is -4.64. The van der Waals surface area contributed by atoms with E-state index >= 15 is 0 Å². The molecule has 5 nitrogen and oxygen atoms in total. The monoisotopic (exact) mass is 1180 g/mol. The maximum atomic E-state index is 10.5. The van der Waals surface area contributed by atoms with Crippen LogP contribution in [-0.4, -0.2) is 22.2 Å². The van der Waals surface area contributed by atoms with Crippen molar-refractivity contribution in [3.63, 3.8) is 0 Å². The van der Waals surface area contributed by atoms with Gasteiger partial charge in [0.05, 0.1) is 44.4 Å². The van der Waals surface area contributed by atoms with Crippen molar-refractivity contribution in [2.45, 2.75) is 103 Å². The Kier molecular flexibility index (Phi) is 8.66. The first-order valence-electron chi connectivity index (χ1n) is 41.1. The molecule has 1 aliphatic rings. The van der Waals surface area contributed by atoms with E-state index < -0.39 is 141 Å². The lowest BCUT2D eigenvalue weighted by molar-refractivity contribution is -0.571. The number of imidazole rings is 1. The summed E-state index contributed by atoms with van der Waals surface area (Å²) < 4.78 is 235. The Morgan fingerprint density at radius 3 is 1.82 bits per heavy atom. The molecule has 13 aromatic rings. The van der Waals surface area contributed by atoms with Crippen molar-refractivity contribution in [3.05, 3.63) is 283 Å². The number of aromatic nitrogens is 4. The molecule has 0 amide bonds. The van der Waals surface area contributed by atoms with Crippen molar-refractivity contribution in [2.24, 2.45) is 0 Å². The van der Waals surface area contributed by atoms with Gasteiger partial charge >= 0.3 is 0 Å². The largest absolute Gasteiger partial charge is 0.458 e. The minimum Gasteiger partial charge on any atom is -0.458 e. The van der Waals surface area contributed by atoms with Crippen molar-refractivity contribution < 1.29 is 42.2 Å². The molecule has 434 valence electrons. The zero-order valence-electron chi connectivity index (χ0n) is 73.3. The summed E-state index contributed by atoms with van der Waals surface area (Å²) >= 11 is 0.